The lowest BCUT2D eigenvalue weighted by molar-refractivity contribution is 0.275. The minimum atomic E-state index is 1.13. The van der Waals surface area contributed by atoms with Crippen molar-refractivity contribution in [3.8, 4) is 0 Å². The maximum Gasteiger partial charge on any atom is 0.0327 e. The van der Waals surface area contributed by atoms with Crippen molar-refractivity contribution >= 4 is 11.3 Å². The van der Waals surface area contributed by atoms with E-state index in [9.17, 15) is 0 Å². The Morgan fingerprint density at radius 2 is 2.19 bits per heavy atom. The van der Waals surface area contributed by atoms with E-state index in [2.05, 4.69) is 34.7 Å². The highest BCUT2D eigenvalue weighted by Crippen LogP contribution is 2.12. The van der Waals surface area contributed by atoms with Crippen LogP contribution in [0.2, 0.25) is 0 Å². The minimum Gasteiger partial charge on any atom is -0.320 e. The highest BCUT2D eigenvalue weighted by atomic mass is 32.1. The van der Waals surface area contributed by atoms with Crippen molar-refractivity contribution in [2.45, 2.75) is 32.7 Å². The predicted octanol–water partition coefficient (Wildman–Crippen LogP) is 2.96. The van der Waals surface area contributed by atoms with E-state index in [0.717, 1.165) is 19.6 Å². The summed E-state index contributed by atoms with van der Waals surface area (Å²) in [6, 6.07) is 4.37. The molecule has 0 fully saturated rings. The van der Waals surface area contributed by atoms with Crippen LogP contribution in [0, 0.1) is 0 Å². The van der Waals surface area contributed by atoms with Crippen LogP contribution in [0.3, 0.4) is 0 Å². The smallest absolute Gasteiger partial charge is 0.0327 e. The SMILES string of the molecule is CCN(CCCCCNC)Cc1cccs1. The van der Waals surface area contributed by atoms with Gasteiger partial charge in [0.2, 0.25) is 0 Å². The van der Waals surface area contributed by atoms with Gasteiger partial charge in [0.25, 0.3) is 0 Å². The van der Waals surface area contributed by atoms with Crippen molar-refractivity contribution < 1.29 is 0 Å². The summed E-state index contributed by atoms with van der Waals surface area (Å²) in [5, 5.41) is 5.36. The van der Waals surface area contributed by atoms with E-state index in [4.69, 9.17) is 0 Å². The van der Waals surface area contributed by atoms with Gasteiger partial charge >= 0.3 is 0 Å². The summed E-state index contributed by atoms with van der Waals surface area (Å²) in [5.41, 5.74) is 0. The second-order valence-electron chi connectivity index (χ2n) is 4.11. The molecule has 1 aromatic heterocycles. The van der Waals surface area contributed by atoms with Gasteiger partial charge in [-0.05, 0) is 51.0 Å². The van der Waals surface area contributed by atoms with Crippen LogP contribution in [0.5, 0.6) is 0 Å². The minimum absolute atomic E-state index is 1.13. The van der Waals surface area contributed by atoms with E-state index >= 15 is 0 Å². The Morgan fingerprint density at radius 1 is 1.31 bits per heavy atom. The van der Waals surface area contributed by atoms with E-state index in [1.165, 1.54) is 30.7 Å². The second kappa shape index (κ2) is 8.74. The first-order valence-corrected chi connectivity index (χ1v) is 7.14. The number of hydrogen-bond acceptors (Lipinski definition) is 3. The topological polar surface area (TPSA) is 15.3 Å². The third-order valence-corrected chi connectivity index (χ3v) is 3.67. The second-order valence-corrected chi connectivity index (χ2v) is 5.14. The molecule has 0 aromatic carbocycles. The van der Waals surface area contributed by atoms with Crippen LogP contribution < -0.4 is 5.32 Å². The highest BCUT2D eigenvalue weighted by Gasteiger charge is 2.03. The fraction of sp³-hybridized carbons (Fsp3) is 0.692. The molecule has 0 saturated carbocycles. The van der Waals surface area contributed by atoms with Crippen molar-refractivity contribution in [3.05, 3.63) is 22.4 Å². The zero-order valence-corrected chi connectivity index (χ0v) is 11.4. The van der Waals surface area contributed by atoms with Crippen molar-refractivity contribution in [2.24, 2.45) is 0 Å². The van der Waals surface area contributed by atoms with E-state index in [-0.39, 0.29) is 0 Å². The Bertz CT molecular complexity index is 246. The Morgan fingerprint density at radius 3 is 2.81 bits per heavy atom. The fourth-order valence-electron chi connectivity index (χ4n) is 1.79. The van der Waals surface area contributed by atoms with Gasteiger partial charge < -0.3 is 5.32 Å². The molecule has 1 rings (SSSR count). The normalized spacial score (nSPS) is 11.2. The van der Waals surface area contributed by atoms with Crippen molar-refractivity contribution in [2.75, 3.05) is 26.7 Å². The van der Waals surface area contributed by atoms with Crippen LogP contribution in [0.15, 0.2) is 17.5 Å². The summed E-state index contributed by atoms with van der Waals surface area (Å²) in [6.07, 6.45) is 3.95. The lowest BCUT2D eigenvalue weighted by Crippen LogP contribution is -2.23. The Balaban J connectivity index is 2.12. The first kappa shape index (κ1) is 13.7. The van der Waals surface area contributed by atoms with Gasteiger partial charge in [0, 0.05) is 11.4 Å². The van der Waals surface area contributed by atoms with Crippen LogP contribution in [0.25, 0.3) is 0 Å². The monoisotopic (exact) mass is 240 g/mol. The molecule has 1 heterocycles. The van der Waals surface area contributed by atoms with Crippen LogP contribution >= 0.6 is 11.3 Å². The number of hydrogen-bond donors (Lipinski definition) is 1. The summed E-state index contributed by atoms with van der Waals surface area (Å²) >= 11 is 1.86. The lowest BCUT2D eigenvalue weighted by atomic mass is 10.2. The van der Waals surface area contributed by atoms with Gasteiger partial charge in [-0.25, -0.2) is 0 Å². The summed E-state index contributed by atoms with van der Waals surface area (Å²) in [7, 11) is 2.02. The van der Waals surface area contributed by atoms with Crippen LogP contribution in [0.1, 0.15) is 31.1 Å². The van der Waals surface area contributed by atoms with Crippen molar-refractivity contribution in [1.29, 1.82) is 0 Å². The third kappa shape index (κ3) is 5.64. The van der Waals surface area contributed by atoms with Crippen LogP contribution in [0.4, 0.5) is 0 Å². The average Bonchev–Trinajstić information content (AvgIpc) is 2.80. The first-order valence-electron chi connectivity index (χ1n) is 6.26. The molecule has 92 valence electrons. The molecule has 0 saturated heterocycles. The molecule has 16 heavy (non-hydrogen) atoms. The Kier molecular flexibility index (Phi) is 7.47. The van der Waals surface area contributed by atoms with Crippen LogP contribution in [-0.4, -0.2) is 31.6 Å². The van der Waals surface area contributed by atoms with Gasteiger partial charge in [0.15, 0.2) is 0 Å². The molecular formula is C13H24N2S. The zero-order valence-electron chi connectivity index (χ0n) is 10.5. The molecule has 1 N–H and O–H groups in total. The fourth-order valence-corrected chi connectivity index (χ4v) is 2.53. The lowest BCUT2D eigenvalue weighted by Gasteiger charge is -2.19. The molecular weight excluding hydrogens is 216 g/mol. The van der Waals surface area contributed by atoms with E-state index in [1.807, 2.05) is 18.4 Å². The molecule has 0 spiro atoms. The molecule has 3 heteroatoms. The van der Waals surface area contributed by atoms with Gasteiger partial charge in [-0.15, -0.1) is 11.3 Å². The van der Waals surface area contributed by atoms with E-state index < -0.39 is 0 Å². The molecule has 0 radical (unpaired) electrons. The van der Waals surface area contributed by atoms with Gasteiger partial charge in [-0.2, -0.15) is 0 Å². The first-order chi connectivity index (χ1) is 7.86. The summed E-state index contributed by atoms with van der Waals surface area (Å²) in [4.78, 5) is 4.02. The average molecular weight is 240 g/mol. The molecule has 0 bridgehead atoms. The predicted molar refractivity (Wildman–Crippen MR) is 73.0 cm³/mol. The molecule has 0 amide bonds. The molecule has 1 aromatic rings. The molecule has 0 atom stereocenters. The van der Waals surface area contributed by atoms with Gasteiger partial charge in [0.05, 0.1) is 0 Å². The summed E-state index contributed by atoms with van der Waals surface area (Å²) in [5.74, 6) is 0. The van der Waals surface area contributed by atoms with Crippen molar-refractivity contribution in [3.63, 3.8) is 0 Å². The number of thiophene rings is 1. The zero-order chi connectivity index (χ0) is 11.6. The van der Waals surface area contributed by atoms with Gasteiger partial charge in [-0.3, -0.25) is 4.90 Å². The Hall–Kier alpha value is -0.380. The number of nitrogens with zero attached hydrogens (tertiary/aromatic N) is 1. The van der Waals surface area contributed by atoms with Gasteiger partial charge in [-0.1, -0.05) is 19.4 Å². The third-order valence-electron chi connectivity index (χ3n) is 2.81. The largest absolute Gasteiger partial charge is 0.320 e. The summed E-state index contributed by atoms with van der Waals surface area (Å²) < 4.78 is 0. The maximum absolute atomic E-state index is 3.19. The van der Waals surface area contributed by atoms with Crippen LogP contribution in [-0.2, 0) is 6.54 Å². The maximum atomic E-state index is 3.19. The van der Waals surface area contributed by atoms with E-state index in [1.54, 1.807) is 0 Å². The quantitative estimate of drug-likeness (QED) is 0.668. The molecule has 0 aliphatic heterocycles. The van der Waals surface area contributed by atoms with Crippen molar-refractivity contribution in [1.82, 2.24) is 10.2 Å². The number of rotatable bonds is 9. The standard InChI is InChI=1S/C13H24N2S/c1-3-15(10-6-4-5-9-14-2)12-13-8-7-11-16-13/h7-8,11,14H,3-6,9-10,12H2,1-2H3. The molecule has 0 aliphatic carbocycles. The van der Waals surface area contributed by atoms with E-state index in [0.29, 0.717) is 0 Å². The summed E-state index contributed by atoms with van der Waals surface area (Å²) in [6.45, 7) is 6.92. The molecule has 0 aliphatic rings. The highest BCUT2D eigenvalue weighted by molar-refractivity contribution is 7.09. The molecule has 2 nitrogen and oxygen atoms in total. The Labute approximate surface area is 104 Å². The molecule has 0 unspecified atom stereocenters. The number of nitrogens with one attached hydrogen (secondary N) is 1. The number of unbranched alkanes of at least 4 members (excludes halogenated alkanes) is 2. The van der Waals surface area contributed by atoms with Gasteiger partial charge in [0.1, 0.15) is 0 Å².